The number of ketones is 1. The van der Waals surface area contributed by atoms with Crippen molar-refractivity contribution in [3.05, 3.63) is 29.8 Å². The van der Waals surface area contributed by atoms with Crippen LogP contribution in [0.3, 0.4) is 0 Å². The van der Waals surface area contributed by atoms with Crippen LogP contribution >= 0.6 is 0 Å². The summed E-state index contributed by atoms with van der Waals surface area (Å²) >= 11 is 0. The number of Topliss-reactive ketones (excluding diaryl/α,β-unsaturated/α-hetero) is 1. The molecule has 3 nitrogen and oxygen atoms in total. The zero-order valence-electron chi connectivity index (χ0n) is 8.32. The molecule has 1 atom stereocenters. The topological polar surface area (TPSA) is 46.2 Å². The standard InChI is InChI=1S/C11H11NO2S/c1-3-8-12-15(14)11-6-4-10(5-7-11)9(2)13/h1,4-7,12H,8H2,2H3. The fourth-order valence-corrected chi connectivity index (χ4v) is 1.77. The molecule has 0 saturated carbocycles. The summed E-state index contributed by atoms with van der Waals surface area (Å²) in [5, 5.41) is 0. The first-order chi connectivity index (χ1) is 7.15. The van der Waals surface area contributed by atoms with Crippen LogP contribution in [0, 0.1) is 12.3 Å². The van der Waals surface area contributed by atoms with E-state index in [1.54, 1.807) is 24.3 Å². The van der Waals surface area contributed by atoms with Gasteiger partial charge in [0.05, 0.1) is 11.4 Å². The van der Waals surface area contributed by atoms with Gasteiger partial charge in [-0.15, -0.1) is 6.42 Å². The zero-order chi connectivity index (χ0) is 11.3. The van der Waals surface area contributed by atoms with Crippen molar-refractivity contribution in [2.75, 3.05) is 6.54 Å². The van der Waals surface area contributed by atoms with Crippen molar-refractivity contribution in [1.29, 1.82) is 0 Å². The zero-order valence-corrected chi connectivity index (χ0v) is 9.14. The highest BCUT2D eigenvalue weighted by Crippen LogP contribution is 2.07. The minimum absolute atomic E-state index is 0.0103. The van der Waals surface area contributed by atoms with Crippen LogP contribution in [0.25, 0.3) is 0 Å². The van der Waals surface area contributed by atoms with Gasteiger partial charge in [0.1, 0.15) is 11.0 Å². The Morgan fingerprint density at radius 3 is 2.53 bits per heavy atom. The summed E-state index contributed by atoms with van der Waals surface area (Å²) in [4.78, 5) is 11.6. The highest BCUT2D eigenvalue weighted by molar-refractivity contribution is 7.83. The third-order valence-corrected chi connectivity index (χ3v) is 2.89. The van der Waals surface area contributed by atoms with Crippen molar-refractivity contribution >= 4 is 16.8 Å². The number of terminal acetylenes is 1. The first kappa shape index (κ1) is 11.6. The highest BCUT2D eigenvalue weighted by Gasteiger charge is 2.03. The highest BCUT2D eigenvalue weighted by atomic mass is 32.2. The fraction of sp³-hybridized carbons (Fsp3) is 0.182. The monoisotopic (exact) mass is 221 g/mol. The molecule has 78 valence electrons. The van der Waals surface area contributed by atoms with Crippen molar-refractivity contribution in [3.8, 4) is 12.3 Å². The lowest BCUT2D eigenvalue weighted by molar-refractivity contribution is 0.101. The van der Waals surface area contributed by atoms with Crippen molar-refractivity contribution in [3.63, 3.8) is 0 Å². The van der Waals surface area contributed by atoms with Crippen molar-refractivity contribution in [2.45, 2.75) is 11.8 Å². The quantitative estimate of drug-likeness (QED) is 0.612. The van der Waals surface area contributed by atoms with E-state index in [1.807, 2.05) is 0 Å². The number of benzene rings is 1. The minimum atomic E-state index is -1.31. The SMILES string of the molecule is C#CCNS(=O)c1ccc(C(C)=O)cc1. The second-order valence-electron chi connectivity index (χ2n) is 2.87. The number of carbonyl (C=O) groups is 1. The van der Waals surface area contributed by atoms with Gasteiger partial charge in [-0.1, -0.05) is 18.1 Å². The molecule has 1 N–H and O–H groups in total. The number of hydrogen-bond donors (Lipinski definition) is 1. The van der Waals surface area contributed by atoms with Crippen molar-refractivity contribution in [1.82, 2.24) is 4.72 Å². The molecule has 0 saturated heterocycles. The van der Waals surface area contributed by atoms with Crippen LogP contribution in [0.4, 0.5) is 0 Å². The molecule has 1 aromatic carbocycles. The van der Waals surface area contributed by atoms with Crippen LogP contribution < -0.4 is 4.72 Å². The van der Waals surface area contributed by atoms with Gasteiger partial charge in [-0.25, -0.2) is 8.93 Å². The Balaban J connectivity index is 2.76. The van der Waals surface area contributed by atoms with E-state index >= 15 is 0 Å². The summed E-state index contributed by atoms with van der Waals surface area (Å²) in [5.74, 6) is 2.33. The number of nitrogens with one attached hydrogen (secondary N) is 1. The summed E-state index contributed by atoms with van der Waals surface area (Å²) < 4.78 is 14.2. The van der Waals surface area contributed by atoms with E-state index in [-0.39, 0.29) is 12.3 Å². The molecule has 0 radical (unpaired) electrons. The fourth-order valence-electron chi connectivity index (χ4n) is 1.00. The Kier molecular flexibility index (Phi) is 4.22. The number of rotatable bonds is 4. The van der Waals surface area contributed by atoms with E-state index in [1.165, 1.54) is 6.92 Å². The first-order valence-electron chi connectivity index (χ1n) is 4.35. The predicted molar refractivity (Wildman–Crippen MR) is 59.7 cm³/mol. The summed E-state index contributed by atoms with van der Waals surface area (Å²) in [6.45, 7) is 1.74. The molecule has 1 aromatic rings. The molecule has 1 rings (SSSR count). The van der Waals surface area contributed by atoms with Gasteiger partial charge in [0.25, 0.3) is 0 Å². The Morgan fingerprint density at radius 1 is 1.47 bits per heavy atom. The van der Waals surface area contributed by atoms with E-state index < -0.39 is 11.0 Å². The van der Waals surface area contributed by atoms with Crippen LogP contribution in [0.15, 0.2) is 29.2 Å². The number of hydrogen-bond acceptors (Lipinski definition) is 2. The largest absolute Gasteiger partial charge is 0.295 e. The Bertz CT molecular complexity index is 417. The van der Waals surface area contributed by atoms with E-state index in [9.17, 15) is 9.00 Å². The van der Waals surface area contributed by atoms with Crippen molar-refractivity contribution < 1.29 is 9.00 Å². The molecule has 15 heavy (non-hydrogen) atoms. The molecule has 0 bridgehead atoms. The maximum absolute atomic E-state index is 11.5. The maximum Gasteiger partial charge on any atom is 0.159 e. The van der Waals surface area contributed by atoms with Crippen LogP contribution in [0.5, 0.6) is 0 Å². The van der Waals surface area contributed by atoms with Crippen molar-refractivity contribution in [2.24, 2.45) is 0 Å². The normalized spacial score (nSPS) is 11.7. The van der Waals surface area contributed by atoms with Gasteiger partial charge >= 0.3 is 0 Å². The lowest BCUT2D eigenvalue weighted by atomic mass is 10.2. The van der Waals surface area contributed by atoms with E-state index in [2.05, 4.69) is 10.6 Å². The summed E-state index contributed by atoms with van der Waals surface area (Å²) in [6, 6.07) is 6.59. The second kappa shape index (κ2) is 5.44. The molecule has 0 amide bonds. The van der Waals surface area contributed by atoms with E-state index in [4.69, 9.17) is 6.42 Å². The number of carbonyl (C=O) groups excluding carboxylic acids is 1. The summed E-state index contributed by atoms with van der Waals surface area (Å²) in [5.41, 5.74) is 0.604. The van der Waals surface area contributed by atoms with Gasteiger partial charge in [0, 0.05) is 5.56 Å². The van der Waals surface area contributed by atoms with E-state index in [0.29, 0.717) is 10.5 Å². The second-order valence-corrected chi connectivity index (χ2v) is 4.17. The molecule has 0 aliphatic heterocycles. The Morgan fingerprint density at radius 2 is 2.07 bits per heavy atom. The average molecular weight is 221 g/mol. The van der Waals surface area contributed by atoms with Crippen LogP contribution in [0.2, 0.25) is 0 Å². The van der Waals surface area contributed by atoms with Gasteiger partial charge in [-0.2, -0.15) is 0 Å². The molecule has 0 aliphatic rings. The van der Waals surface area contributed by atoms with Gasteiger partial charge in [0.15, 0.2) is 5.78 Å². The Hall–Kier alpha value is -1.44. The molecule has 0 aliphatic carbocycles. The van der Waals surface area contributed by atoms with Gasteiger partial charge in [0.2, 0.25) is 0 Å². The lowest BCUT2D eigenvalue weighted by Gasteiger charge is -2.02. The minimum Gasteiger partial charge on any atom is -0.295 e. The molecule has 4 heteroatoms. The third-order valence-electron chi connectivity index (χ3n) is 1.78. The third kappa shape index (κ3) is 3.31. The average Bonchev–Trinajstić information content (AvgIpc) is 2.26. The smallest absolute Gasteiger partial charge is 0.159 e. The predicted octanol–water partition coefficient (Wildman–Crippen LogP) is 1.13. The molecule has 0 fully saturated rings. The van der Waals surface area contributed by atoms with Gasteiger partial charge in [-0.05, 0) is 19.1 Å². The van der Waals surface area contributed by atoms with E-state index in [0.717, 1.165) is 0 Å². The van der Waals surface area contributed by atoms with Gasteiger partial charge < -0.3 is 0 Å². The van der Waals surface area contributed by atoms with Crippen LogP contribution in [-0.2, 0) is 11.0 Å². The van der Waals surface area contributed by atoms with Gasteiger partial charge in [-0.3, -0.25) is 4.79 Å². The molecule has 0 aromatic heterocycles. The summed E-state index contributed by atoms with van der Waals surface area (Å²) in [6.07, 6.45) is 5.03. The molecule has 1 unspecified atom stereocenters. The molecule has 0 spiro atoms. The Labute approximate surface area is 91.5 Å². The van der Waals surface area contributed by atoms with Crippen LogP contribution in [-0.4, -0.2) is 16.5 Å². The lowest BCUT2D eigenvalue weighted by Crippen LogP contribution is -2.17. The molecular weight excluding hydrogens is 210 g/mol. The molecule has 0 heterocycles. The molecular formula is C11H11NO2S. The summed E-state index contributed by atoms with van der Waals surface area (Å²) in [7, 11) is -1.31. The maximum atomic E-state index is 11.5. The first-order valence-corrected chi connectivity index (χ1v) is 5.50. The van der Waals surface area contributed by atoms with Crippen LogP contribution in [0.1, 0.15) is 17.3 Å².